The lowest BCUT2D eigenvalue weighted by Gasteiger charge is -2.12. The number of carbonyl (C=O) groups is 1. The average molecular weight is 408 g/mol. The molecule has 1 heterocycles. The van der Waals surface area contributed by atoms with Gasteiger partial charge in [-0.3, -0.25) is 4.79 Å². The van der Waals surface area contributed by atoms with Gasteiger partial charge in [0, 0.05) is 12.7 Å². The molecule has 0 saturated carbocycles. The number of nitrogens with zero attached hydrogens (tertiary/aromatic N) is 2. The average Bonchev–Trinajstić information content (AvgIpc) is 3.16. The first kappa shape index (κ1) is 19.8. The minimum absolute atomic E-state index is 0.0121. The van der Waals surface area contributed by atoms with Gasteiger partial charge in [0.15, 0.2) is 0 Å². The van der Waals surface area contributed by atoms with Crippen LogP contribution < -0.4 is 10.1 Å². The van der Waals surface area contributed by atoms with Crippen LogP contribution in [0.5, 0.6) is 5.75 Å². The third kappa shape index (κ3) is 4.85. The minimum atomic E-state index is -2.92. The third-order valence-corrected chi connectivity index (χ3v) is 4.21. The molecular weight excluding hydrogens is 392 g/mol. The standard InChI is InChI=1S/C19H16ClF2N3O3/c20-15-3-1-2-4-16(15)25-11-13(9-24-25)18(27)23-10-17(26)12-5-7-14(8-6-12)28-19(21)22/h1-9,11,17,19,26H,10H2,(H,23,27). The van der Waals surface area contributed by atoms with E-state index in [0.717, 1.165) is 0 Å². The molecule has 0 bridgehead atoms. The lowest BCUT2D eigenvalue weighted by Crippen LogP contribution is -2.28. The minimum Gasteiger partial charge on any atom is -0.435 e. The normalized spacial score (nSPS) is 12.0. The van der Waals surface area contributed by atoms with Gasteiger partial charge in [-0.2, -0.15) is 13.9 Å². The van der Waals surface area contributed by atoms with Gasteiger partial charge in [-0.1, -0.05) is 35.9 Å². The summed E-state index contributed by atoms with van der Waals surface area (Å²) in [6, 6.07) is 12.6. The van der Waals surface area contributed by atoms with Crippen LogP contribution in [0.2, 0.25) is 5.02 Å². The first-order valence-corrected chi connectivity index (χ1v) is 8.62. The third-order valence-electron chi connectivity index (χ3n) is 3.89. The highest BCUT2D eigenvalue weighted by molar-refractivity contribution is 6.32. The molecule has 28 heavy (non-hydrogen) atoms. The Morgan fingerprint density at radius 3 is 2.61 bits per heavy atom. The van der Waals surface area contributed by atoms with Crippen LogP contribution in [0.25, 0.3) is 5.69 Å². The Hall–Kier alpha value is -2.97. The number of ether oxygens (including phenoxy) is 1. The van der Waals surface area contributed by atoms with Crippen molar-refractivity contribution in [3.63, 3.8) is 0 Å². The SMILES string of the molecule is O=C(NCC(O)c1ccc(OC(F)F)cc1)c1cnn(-c2ccccc2Cl)c1. The van der Waals surface area contributed by atoms with Crippen molar-refractivity contribution >= 4 is 17.5 Å². The highest BCUT2D eigenvalue weighted by Crippen LogP contribution is 2.20. The van der Waals surface area contributed by atoms with Crippen molar-refractivity contribution in [2.45, 2.75) is 12.7 Å². The Bertz CT molecular complexity index is 948. The van der Waals surface area contributed by atoms with Crippen molar-refractivity contribution in [1.29, 1.82) is 0 Å². The maximum Gasteiger partial charge on any atom is 0.387 e. The van der Waals surface area contributed by atoms with Crippen LogP contribution in [0.1, 0.15) is 22.0 Å². The molecule has 1 unspecified atom stereocenters. The van der Waals surface area contributed by atoms with Crippen LogP contribution in [0.3, 0.4) is 0 Å². The van der Waals surface area contributed by atoms with Crippen molar-refractivity contribution in [2.75, 3.05) is 6.54 Å². The number of amides is 1. The fourth-order valence-corrected chi connectivity index (χ4v) is 2.71. The molecule has 1 atom stereocenters. The van der Waals surface area contributed by atoms with E-state index in [1.807, 2.05) is 0 Å². The number of alkyl halides is 2. The predicted molar refractivity (Wildman–Crippen MR) is 98.9 cm³/mol. The van der Waals surface area contributed by atoms with Gasteiger partial charge < -0.3 is 15.2 Å². The molecule has 3 rings (SSSR count). The molecule has 1 aromatic heterocycles. The fraction of sp³-hybridized carbons (Fsp3) is 0.158. The fourth-order valence-electron chi connectivity index (χ4n) is 2.49. The number of aliphatic hydroxyl groups excluding tert-OH is 1. The summed E-state index contributed by atoms with van der Waals surface area (Å²) >= 11 is 6.11. The number of halogens is 3. The topological polar surface area (TPSA) is 76.4 Å². The summed E-state index contributed by atoms with van der Waals surface area (Å²) in [6.07, 6.45) is 1.91. The van der Waals surface area contributed by atoms with Crippen LogP contribution in [0.15, 0.2) is 60.9 Å². The van der Waals surface area contributed by atoms with Crippen molar-refractivity contribution in [3.05, 3.63) is 77.1 Å². The van der Waals surface area contributed by atoms with Gasteiger partial charge in [-0.05, 0) is 29.8 Å². The van der Waals surface area contributed by atoms with Gasteiger partial charge in [0.05, 0.1) is 28.6 Å². The van der Waals surface area contributed by atoms with Gasteiger partial charge >= 0.3 is 6.61 Å². The van der Waals surface area contributed by atoms with Crippen LogP contribution in [-0.4, -0.2) is 34.0 Å². The first-order chi connectivity index (χ1) is 13.4. The summed E-state index contributed by atoms with van der Waals surface area (Å²) in [5.74, 6) is -0.433. The number of benzene rings is 2. The summed E-state index contributed by atoms with van der Waals surface area (Å²) in [6.45, 7) is -2.98. The van der Waals surface area contributed by atoms with Crippen molar-refractivity contribution in [2.24, 2.45) is 0 Å². The number of nitrogens with one attached hydrogen (secondary N) is 1. The zero-order valence-corrected chi connectivity index (χ0v) is 15.2. The largest absolute Gasteiger partial charge is 0.435 e. The molecule has 0 aliphatic carbocycles. The quantitative estimate of drug-likeness (QED) is 0.627. The second-order valence-electron chi connectivity index (χ2n) is 5.80. The Balaban J connectivity index is 1.59. The Morgan fingerprint density at radius 1 is 1.21 bits per heavy atom. The molecule has 1 amide bonds. The van der Waals surface area contributed by atoms with Crippen LogP contribution in [-0.2, 0) is 0 Å². The number of rotatable bonds is 7. The molecular formula is C19H16ClF2N3O3. The van der Waals surface area contributed by atoms with E-state index in [0.29, 0.717) is 21.8 Å². The second-order valence-corrected chi connectivity index (χ2v) is 6.21. The molecule has 0 spiro atoms. The van der Waals surface area contributed by atoms with E-state index in [2.05, 4.69) is 15.2 Å². The monoisotopic (exact) mass is 407 g/mol. The summed E-state index contributed by atoms with van der Waals surface area (Å²) < 4.78 is 30.0. The summed E-state index contributed by atoms with van der Waals surface area (Å²) in [4.78, 5) is 12.3. The van der Waals surface area contributed by atoms with Crippen LogP contribution >= 0.6 is 11.6 Å². The van der Waals surface area contributed by atoms with E-state index in [9.17, 15) is 18.7 Å². The smallest absolute Gasteiger partial charge is 0.387 e. The second kappa shape index (κ2) is 8.81. The Morgan fingerprint density at radius 2 is 1.93 bits per heavy atom. The zero-order valence-electron chi connectivity index (χ0n) is 14.4. The molecule has 0 aliphatic heterocycles. The highest BCUT2D eigenvalue weighted by Gasteiger charge is 2.14. The molecule has 6 nitrogen and oxygen atoms in total. The summed E-state index contributed by atoms with van der Waals surface area (Å²) in [7, 11) is 0. The van der Waals surface area contributed by atoms with Gasteiger partial charge in [-0.25, -0.2) is 4.68 Å². The molecule has 2 aromatic carbocycles. The van der Waals surface area contributed by atoms with Gasteiger partial charge in [-0.15, -0.1) is 0 Å². The van der Waals surface area contributed by atoms with E-state index in [-0.39, 0.29) is 12.3 Å². The lowest BCUT2D eigenvalue weighted by atomic mass is 10.1. The number of aromatic nitrogens is 2. The predicted octanol–water partition coefficient (Wildman–Crippen LogP) is 3.59. The van der Waals surface area contributed by atoms with E-state index < -0.39 is 18.6 Å². The number of hydrogen-bond donors (Lipinski definition) is 2. The highest BCUT2D eigenvalue weighted by atomic mass is 35.5. The molecule has 146 valence electrons. The van der Waals surface area contributed by atoms with Crippen molar-refractivity contribution in [1.82, 2.24) is 15.1 Å². The summed E-state index contributed by atoms with van der Waals surface area (Å²) in [5, 5.41) is 17.4. The molecule has 2 N–H and O–H groups in total. The lowest BCUT2D eigenvalue weighted by molar-refractivity contribution is -0.0498. The van der Waals surface area contributed by atoms with Crippen molar-refractivity contribution in [3.8, 4) is 11.4 Å². The van der Waals surface area contributed by atoms with E-state index in [4.69, 9.17) is 11.6 Å². The Kier molecular flexibility index (Phi) is 6.23. The zero-order chi connectivity index (χ0) is 20.1. The molecule has 0 saturated heterocycles. The van der Waals surface area contributed by atoms with E-state index in [1.165, 1.54) is 41.3 Å². The number of para-hydroxylation sites is 1. The van der Waals surface area contributed by atoms with Crippen LogP contribution in [0, 0.1) is 0 Å². The van der Waals surface area contributed by atoms with Gasteiger partial charge in [0.1, 0.15) is 5.75 Å². The van der Waals surface area contributed by atoms with E-state index >= 15 is 0 Å². The number of carbonyl (C=O) groups excluding carboxylic acids is 1. The van der Waals surface area contributed by atoms with Gasteiger partial charge in [0.25, 0.3) is 5.91 Å². The summed E-state index contributed by atoms with van der Waals surface area (Å²) in [5.41, 5.74) is 1.39. The molecule has 9 heteroatoms. The maximum atomic E-state index is 12.3. The van der Waals surface area contributed by atoms with Gasteiger partial charge in [0.2, 0.25) is 0 Å². The number of hydrogen-bond acceptors (Lipinski definition) is 4. The number of aliphatic hydroxyl groups is 1. The molecule has 3 aromatic rings. The molecule has 0 radical (unpaired) electrons. The molecule has 0 aliphatic rings. The first-order valence-electron chi connectivity index (χ1n) is 8.24. The van der Waals surface area contributed by atoms with Crippen molar-refractivity contribution < 1.29 is 23.4 Å². The maximum absolute atomic E-state index is 12.3. The Labute approximate surface area is 164 Å². The van der Waals surface area contributed by atoms with E-state index in [1.54, 1.807) is 24.3 Å². The van der Waals surface area contributed by atoms with Crippen LogP contribution in [0.4, 0.5) is 8.78 Å². The molecule has 0 fully saturated rings.